The quantitative estimate of drug-likeness (QED) is 0.163. The van der Waals surface area contributed by atoms with Gasteiger partial charge in [-0.15, -0.1) is 6.58 Å². The molecule has 0 N–H and O–H groups in total. The molecule has 0 heterocycles. The van der Waals surface area contributed by atoms with Crippen LogP contribution in [0, 0.1) is 34.5 Å². The van der Waals surface area contributed by atoms with Gasteiger partial charge in [-0.1, -0.05) is 70.2 Å². The second-order valence-corrected chi connectivity index (χ2v) is 12.9. The Morgan fingerprint density at radius 3 is 2.42 bits per heavy atom. The van der Waals surface area contributed by atoms with Gasteiger partial charge in [0.25, 0.3) is 0 Å². The van der Waals surface area contributed by atoms with Gasteiger partial charge in [0.1, 0.15) is 5.78 Å². The zero-order valence-corrected chi connectivity index (χ0v) is 24.0. The highest BCUT2D eigenvalue weighted by molar-refractivity contribution is 9.09. The van der Waals surface area contributed by atoms with Crippen molar-refractivity contribution in [1.82, 2.24) is 0 Å². The van der Waals surface area contributed by atoms with Crippen molar-refractivity contribution < 1.29 is 9.59 Å². The lowest BCUT2D eigenvalue weighted by atomic mass is 9.45. The zero-order valence-electron chi connectivity index (χ0n) is 20.9. The predicted octanol–water partition coefficient (Wildman–Crippen LogP) is 8.62. The van der Waals surface area contributed by atoms with Crippen molar-refractivity contribution in [3.05, 3.63) is 24.3 Å². The highest BCUT2D eigenvalue weighted by Gasteiger charge is 2.60. The van der Waals surface area contributed by atoms with Crippen molar-refractivity contribution >= 4 is 43.4 Å². The molecule has 0 bridgehead atoms. The molecule has 6 atom stereocenters. The van der Waals surface area contributed by atoms with Gasteiger partial charge in [-0.3, -0.25) is 9.59 Å². The molecule has 0 radical (unpaired) electrons. The normalized spacial score (nSPS) is 37.3. The van der Waals surface area contributed by atoms with Crippen molar-refractivity contribution in [2.75, 3.05) is 10.7 Å². The van der Waals surface area contributed by atoms with Crippen LogP contribution in [-0.4, -0.2) is 22.2 Å². The summed E-state index contributed by atoms with van der Waals surface area (Å²) in [5.41, 5.74) is 1.60. The van der Waals surface area contributed by atoms with Gasteiger partial charge in [0, 0.05) is 28.9 Å². The molecule has 2 nitrogen and oxygen atoms in total. The number of hydrogen-bond donors (Lipinski definition) is 0. The molecule has 0 spiro atoms. The SMILES string of the molecule is C=CCCCBr.C[C@@]12C(=CC(=O)C[C@@H]1CCCCCBr)CC[C@@H]1[C@@H]2CC[C@]2(C)C(=O)CC[C@@H]12. The van der Waals surface area contributed by atoms with Crippen molar-refractivity contribution in [2.24, 2.45) is 34.5 Å². The van der Waals surface area contributed by atoms with E-state index in [0.717, 1.165) is 49.2 Å². The number of rotatable bonds is 8. The first-order valence-corrected chi connectivity index (χ1v) is 15.6. The Labute approximate surface area is 219 Å². The van der Waals surface area contributed by atoms with Gasteiger partial charge in [0.05, 0.1) is 0 Å². The minimum Gasteiger partial charge on any atom is -0.299 e. The second-order valence-electron chi connectivity index (χ2n) is 11.3. The molecule has 4 heteroatoms. The molecule has 0 aromatic carbocycles. The molecule has 4 aliphatic carbocycles. The lowest BCUT2D eigenvalue weighted by Crippen LogP contribution is -2.53. The molecule has 0 aromatic heterocycles. The van der Waals surface area contributed by atoms with E-state index in [1.165, 1.54) is 50.5 Å². The van der Waals surface area contributed by atoms with Crippen LogP contribution in [-0.2, 0) is 9.59 Å². The predicted molar refractivity (Wildman–Crippen MR) is 146 cm³/mol. The monoisotopic (exact) mass is 582 g/mol. The van der Waals surface area contributed by atoms with E-state index < -0.39 is 0 Å². The second kappa shape index (κ2) is 12.2. The maximum Gasteiger partial charge on any atom is 0.155 e. The van der Waals surface area contributed by atoms with Gasteiger partial charge in [0.2, 0.25) is 0 Å². The van der Waals surface area contributed by atoms with Crippen LogP contribution in [0.5, 0.6) is 0 Å². The van der Waals surface area contributed by atoms with Gasteiger partial charge >= 0.3 is 0 Å². The van der Waals surface area contributed by atoms with Crippen LogP contribution in [0.1, 0.15) is 97.3 Å². The van der Waals surface area contributed by atoms with E-state index in [0.29, 0.717) is 35.2 Å². The van der Waals surface area contributed by atoms with Gasteiger partial charge < -0.3 is 0 Å². The fourth-order valence-electron chi connectivity index (χ4n) is 7.82. The molecule has 0 aliphatic heterocycles. The third-order valence-corrected chi connectivity index (χ3v) is 10.8. The maximum atomic E-state index is 12.6. The number of halogens is 2. The topological polar surface area (TPSA) is 34.1 Å². The van der Waals surface area contributed by atoms with Crippen LogP contribution in [0.15, 0.2) is 24.3 Å². The molecular weight excluding hydrogens is 540 g/mol. The van der Waals surface area contributed by atoms with E-state index >= 15 is 0 Å². The number of carbonyl (C=O) groups excluding carboxylic acids is 2. The maximum absolute atomic E-state index is 12.6. The molecule has 4 rings (SSSR count). The highest BCUT2D eigenvalue weighted by atomic mass is 79.9. The molecule has 3 fully saturated rings. The molecule has 0 unspecified atom stereocenters. The Bertz CT molecular complexity index is 744. The van der Waals surface area contributed by atoms with E-state index in [9.17, 15) is 9.59 Å². The Kier molecular flexibility index (Phi) is 10.1. The minimum absolute atomic E-state index is 0.0470. The van der Waals surface area contributed by atoms with E-state index in [1.54, 1.807) is 0 Å². The molecule has 33 heavy (non-hydrogen) atoms. The minimum atomic E-state index is -0.0470. The van der Waals surface area contributed by atoms with E-state index in [-0.39, 0.29) is 10.8 Å². The largest absolute Gasteiger partial charge is 0.299 e. The van der Waals surface area contributed by atoms with Gasteiger partial charge in [0.15, 0.2) is 5.78 Å². The lowest BCUT2D eigenvalue weighted by Gasteiger charge is -2.59. The van der Waals surface area contributed by atoms with Crippen molar-refractivity contribution in [3.8, 4) is 0 Å². The average Bonchev–Trinajstić information content (AvgIpc) is 3.11. The number of Topliss-reactive ketones (excluding diaryl/α,β-unsaturated/α-hetero) is 1. The van der Waals surface area contributed by atoms with E-state index in [4.69, 9.17) is 0 Å². The van der Waals surface area contributed by atoms with Crippen LogP contribution in [0.4, 0.5) is 0 Å². The number of unbranched alkanes of at least 4 members (excludes halogenated alkanes) is 3. The molecule has 186 valence electrons. The molecule has 0 aromatic rings. The lowest BCUT2D eigenvalue weighted by molar-refractivity contribution is -0.134. The Morgan fingerprint density at radius 2 is 1.76 bits per heavy atom. The summed E-state index contributed by atoms with van der Waals surface area (Å²) in [6.07, 6.45) is 18.4. The third-order valence-electron chi connectivity index (χ3n) is 9.71. The number of alkyl halides is 2. The fourth-order valence-corrected chi connectivity index (χ4v) is 8.54. The molecule has 0 amide bonds. The van der Waals surface area contributed by atoms with Crippen LogP contribution in [0.2, 0.25) is 0 Å². The number of ketones is 2. The summed E-state index contributed by atoms with van der Waals surface area (Å²) in [6.45, 7) is 8.34. The van der Waals surface area contributed by atoms with Crippen molar-refractivity contribution in [1.29, 1.82) is 0 Å². The van der Waals surface area contributed by atoms with Gasteiger partial charge in [-0.05, 0) is 93.0 Å². The molecule has 3 saturated carbocycles. The summed E-state index contributed by atoms with van der Waals surface area (Å²) in [7, 11) is 0. The Morgan fingerprint density at radius 1 is 1.00 bits per heavy atom. The number of allylic oxidation sites excluding steroid dienone is 2. The zero-order chi connectivity index (χ0) is 24.1. The Balaban J connectivity index is 0.000000454. The van der Waals surface area contributed by atoms with Crippen molar-refractivity contribution in [2.45, 2.75) is 97.3 Å². The van der Waals surface area contributed by atoms with Gasteiger partial charge in [-0.2, -0.15) is 0 Å². The summed E-state index contributed by atoms with van der Waals surface area (Å²) in [5.74, 6) is 3.36. The van der Waals surface area contributed by atoms with Crippen molar-refractivity contribution in [3.63, 3.8) is 0 Å². The first-order chi connectivity index (χ1) is 15.8. The Hall–Kier alpha value is -0.220. The average molecular weight is 584 g/mol. The summed E-state index contributed by atoms with van der Waals surface area (Å²) < 4.78 is 0. The summed E-state index contributed by atoms with van der Waals surface area (Å²) in [6, 6.07) is 0. The molecule has 0 saturated heterocycles. The van der Waals surface area contributed by atoms with Crippen LogP contribution >= 0.6 is 31.9 Å². The van der Waals surface area contributed by atoms with Crippen LogP contribution in [0.25, 0.3) is 0 Å². The summed E-state index contributed by atoms with van der Waals surface area (Å²) >= 11 is 6.84. The standard InChI is InChI=1S/C24H35BrO2.C5H9Br/c1-23-12-11-21-19(20(23)9-10-22(23)27)8-7-17-15-18(26)14-16(24(17,21)2)6-4-3-5-13-25;1-2-3-4-5-6/h15-16,19-21H,3-14H2,1-2H3;2H,1,3-5H2/t16-,19-,20-,21-,23-,24-;/m0./s1. The van der Waals surface area contributed by atoms with Gasteiger partial charge in [-0.25, -0.2) is 0 Å². The smallest absolute Gasteiger partial charge is 0.155 e. The highest BCUT2D eigenvalue weighted by Crippen LogP contribution is 2.66. The first kappa shape index (κ1) is 27.4. The number of hydrogen-bond acceptors (Lipinski definition) is 2. The van der Waals surface area contributed by atoms with Crippen LogP contribution < -0.4 is 0 Å². The number of fused-ring (bicyclic) bond motifs is 5. The summed E-state index contributed by atoms with van der Waals surface area (Å²) in [5, 5.41) is 2.18. The van der Waals surface area contributed by atoms with E-state index in [2.05, 4.69) is 52.3 Å². The van der Waals surface area contributed by atoms with Crippen LogP contribution in [0.3, 0.4) is 0 Å². The van der Waals surface area contributed by atoms with E-state index in [1.807, 2.05) is 12.2 Å². The first-order valence-electron chi connectivity index (χ1n) is 13.3. The summed E-state index contributed by atoms with van der Waals surface area (Å²) in [4.78, 5) is 25.1. The number of carbonyl (C=O) groups is 2. The molecular formula is C29H44Br2O2. The fraction of sp³-hybridized carbons (Fsp3) is 0.793. The molecule has 4 aliphatic rings. The third kappa shape index (κ3) is 5.63.